The van der Waals surface area contributed by atoms with Gasteiger partial charge in [0.05, 0.1) is 32.2 Å². The normalized spacial score (nSPS) is 15.5. The predicted molar refractivity (Wildman–Crippen MR) is 82.1 cm³/mol. The van der Waals surface area contributed by atoms with Crippen molar-refractivity contribution in [2.24, 2.45) is 0 Å². The van der Waals surface area contributed by atoms with Crippen molar-refractivity contribution in [3.63, 3.8) is 0 Å². The van der Waals surface area contributed by atoms with Gasteiger partial charge in [-0.15, -0.1) is 0 Å². The van der Waals surface area contributed by atoms with Crippen molar-refractivity contribution in [3.05, 3.63) is 12.2 Å². The first-order valence-corrected chi connectivity index (χ1v) is 7.41. The second kappa shape index (κ2) is 8.44. The van der Waals surface area contributed by atoms with Gasteiger partial charge < -0.3 is 19.9 Å². The molecule has 134 valence electrons. The van der Waals surface area contributed by atoms with Crippen molar-refractivity contribution >= 4 is 23.9 Å². The number of carbonyl (C=O) groups is 4. The van der Waals surface area contributed by atoms with Gasteiger partial charge in [0.1, 0.15) is 5.60 Å². The van der Waals surface area contributed by atoms with Crippen LogP contribution in [0.3, 0.4) is 0 Å². The summed E-state index contributed by atoms with van der Waals surface area (Å²) in [5.74, 6) is -1.98. The van der Waals surface area contributed by atoms with Gasteiger partial charge in [-0.2, -0.15) is 0 Å². The minimum absolute atomic E-state index is 0.0536. The number of carboxylic acid groups (broad SMARTS) is 1. The Balaban J connectivity index is 2.61. The Bertz CT molecular complexity index is 518. The summed E-state index contributed by atoms with van der Waals surface area (Å²) in [5, 5.41) is 11.1. The van der Waals surface area contributed by atoms with Gasteiger partial charge in [-0.25, -0.2) is 4.79 Å². The van der Waals surface area contributed by atoms with Gasteiger partial charge >= 0.3 is 12.1 Å². The predicted octanol–water partition coefficient (Wildman–Crippen LogP) is 0.296. The lowest BCUT2D eigenvalue weighted by Gasteiger charge is -2.26. The number of imide groups is 1. The lowest BCUT2D eigenvalue weighted by molar-refractivity contribution is -0.138. The van der Waals surface area contributed by atoms with E-state index in [1.54, 1.807) is 20.8 Å². The van der Waals surface area contributed by atoms with Gasteiger partial charge in [-0.3, -0.25) is 19.3 Å². The zero-order chi connectivity index (χ0) is 18.3. The lowest BCUT2D eigenvalue weighted by Crippen LogP contribution is -2.49. The molecule has 0 fully saturated rings. The van der Waals surface area contributed by atoms with E-state index in [0.717, 1.165) is 17.1 Å². The molecule has 0 aromatic rings. The molecule has 3 amide bonds. The van der Waals surface area contributed by atoms with Gasteiger partial charge in [0, 0.05) is 12.2 Å². The van der Waals surface area contributed by atoms with E-state index in [4.69, 9.17) is 14.6 Å². The monoisotopic (exact) mass is 342 g/mol. The average Bonchev–Trinajstić information content (AvgIpc) is 2.72. The summed E-state index contributed by atoms with van der Waals surface area (Å²) >= 11 is 0. The van der Waals surface area contributed by atoms with Gasteiger partial charge in [0.15, 0.2) is 0 Å². The number of nitrogens with one attached hydrogen (secondary N) is 1. The van der Waals surface area contributed by atoms with Crippen molar-refractivity contribution in [1.82, 2.24) is 10.2 Å². The summed E-state index contributed by atoms with van der Waals surface area (Å²) in [7, 11) is 0. The van der Waals surface area contributed by atoms with Crippen LogP contribution >= 0.6 is 0 Å². The third-order valence-electron chi connectivity index (χ3n) is 2.80. The molecule has 0 bridgehead atoms. The Morgan fingerprint density at radius 2 is 1.83 bits per heavy atom. The number of amides is 3. The molecule has 0 unspecified atom stereocenters. The Labute approximate surface area is 139 Å². The van der Waals surface area contributed by atoms with Crippen LogP contribution in [0.25, 0.3) is 0 Å². The van der Waals surface area contributed by atoms with E-state index in [0.29, 0.717) is 0 Å². The SMILES string of the molecule is CC(C)(C)OC(=O)N[C@H](COCCC(=O)O)CN1C(=O)C=CC1=O. The number of rotatable bonds is 8. The number of hydrogen-bond donors (Lipinski definition) is 2. The van der Waals surface area contributed by atoms with Crippen molar-refractivity contribution in [3.8, 4) is 0 Å². The van der Waals surface area contributed by atoms with E-state index in [1.165, 1.54) is 0 Å². The molecule has 9 nitrogen and oxygen atoms in total. The summed E-state index contributed by atoms with van der Waals surface area (Å²) in [5.41, 5.74) is -0.709. The molecular formula is C15H22N2O7. The minimum Gasteiger partial charge on any atom is -0.481 e. The molecule has 0 saturated carbocycles. The summed E-state index contributed by atoms with van der Waals surface area (Å²) in [6.07, 6.45) is 1.36. The molecule has 0 spiro atoms. The maximum Gasteiger partial charge on any atom is 0.408 e. The van der Waals surface area contributed by atoms with Gasteiger partial charge in [-0.05, 0) is 20.8 Å². The fourth-order valence-corrected chi connectivity index (χ4v) is 1.83. The number of aliphatic carboxylic acids is 1. The van der Waals surface area contributed by atoms with Crippen LogP contribution in [0.5, 0.6) is 0 Å². The van der Waals surface area contributed by atoms with Crippen LogP contribution in [0.4, 0.5) is 4.79 Å². The molecule has 2 N–H and O–H groups in total. The van der Waals surface area contributed by atoms with E-state index in [-0.39, 0.29) is 26.2 Å². The highest BCUT2D eigenvalue weighted by molar-refractivity contribution is 6.12. The second-order valence-electron chi connectivity index (χ2n) is 6.18. The number of alkyl carbamates (subject to hydrolysis) is 1. The number of nitrogens with zero attached hydrogens (tertiary/aromatic N) is 1. The fourth-order valence-electron chi connectivity index (χ4n) is 1.83. The number of ether oxygens (including phenoxy) is 2. The molecule has 24 heavy (non-hydrogen) atoms. The standard InChI is InChI=1S/C15H22N2O7/c1-15(2,3)24-14(22)16-10(9-23-7-6-13(20)21)8-17-11(18)4-5-12(17)19/h4-5,10H,6-9H2,1-3H3,(H,16,22)(H,20,21)/t10-/m0/s1. The van der Waals surface area contributed by atoms with Gasteiger partial charge in [-0.1, -0.05) is 0 Å². The Morgan fingerprint density at radius 3 is 2.33 bits per heavy atom. The summed E-state index contributed by atoms with van der Waals surface area (Å²) < 4.78 is 10.3. The molecule has 0 aromatic carbocycles. The third-order valence-corrected chi connectivity index (χ3v) is 2.80. The van der Waals surface area contributed by atoms with Crippen LogP contribution in [0.1, 0.15) is 27.2 Å². The van der Waals surface area contributed by atoms with Crippen LogP contribution in [0, 0.1) is 0 Å². The summed E-state index contributed by atoms with van der Waals surface area (Å²) in [6.45, 7) is 4.87. The zero-order valence-electron chi connectivity index (χ0n) is 13.9. The van der Waals surface area contributed by atoms with E-state index >= 15 is 0 Å². The molecule has 9 heteroatoms. The maximum absolute atomic E-state index is 11.9. The lowest BCUT2D eigenvalue weighted by atomic mass is 10.2. The molecule has 0 aliphatic carbocycles. The number of carboxylic acids is 1. The molecule has 1 aliphatic rings. The maximum atomic E-state index is 11.9. The molecular weight excluding hydrogens is 320 g/mol. The number of carbonyl (C=O) groups excluding carboxylic acids is 3. The molecule has 0 radical (unpaired) electrons. The Morgan fingerprint density at radius 1 is 1.25 bits per heavy atom. The molecule has 1 heterocycles. The van der Waals surface area contributed by atoms with Crippen LogP contribution in [-0.4, -0.2) is 65.3 Å². The van der Waals surface area contributed by atoms with E-state index in [9.17, 15) is 19.2 Å². The minimum atomic E-state index is -1.01. The number of hydrogen-bond acceptors (Lipinski definition) is 6. The summed E-state index contributed by atoms with van der Waals surface area (Å²) in [6, 6.07) is -0.721. The average molecular weight is 342 g/mol. The van der Waals surface area contributed by atoms with Crippen LogP contribution < -0.4 is 5.32 Å². The van der Waals surface area contributed by atoms with Crippen molar-refractivity contribution < 1.29 is 33.8 Å². The quantitative estimate of drug-likeness (QED) is 0.480. The smallest absolute Gasteiger partial charge is 0.408 e. The molecule has 1 aliphatic heterocycles. The van der Waals surface area contributed by atoms with Crippen molar-refractivity contribution in [1.29, 1.82) is 0 Å². The van der Waals surface area contributed by atoms with Crippen LogP contribution in [0.15, 0.2) is 12.2 Å². The first-order valence-electron chi connectivity index (χ1n) is 7.41. The Hall–Kier alpha value is -2.42. The van der Waals surface area contributed by atoms with E-state index < -0.39 is 35.5 Å². The first-order chi connectivity index (χ1) is 11.1. The van der Waals surface area contributed by atoms with Gasteiger partial charge in [0.2, 0.25) is 0 Å². The first kappa shape index (κ1) is 19.6. The second-order valence-corrected chi connectivity index (χ2v) is 6.18. The molecule has 0 saturated heterocycles. The molecule has 1 rings (SSSR count). The molecule has 0 aromatic heterocycles. The highest BCUT2D eigenvalue weighted by Gasteiger charge is 2.28. The summed E-state index contributed by atoms with van der Waals surface area (Å²) in [4.78, 5) is 46.5. The van der Waals surface area contributed by atoms with Gasteiger partial charge in [0.25, 0.3) is 11.8 Å². The molecule has 1 atom stereocenters. The van der Waals surface area contributed by atoms with Crippen LogP contribution in [0.2, 0.25) is 0 Å². The highest BCUT2D eigenvalue weighted by Crippen LogP contribution is 2.09. The topological polar surface area (TPSA) is 122 Å². The van der Waals surface area contributed by atoms with E-state index in [2.05, 4.69) is 5.32 Å². The fraction of sp³-hybridized carbons (Fsp3) is 0.600. The third kappa shape index (κ3) is 7.23. The van der Waals surface area contributed by atoms with Crippen molar-refractivity contribution in [2.45, 2.75) is 38.8 Å². The van der Waals surface area contributed by atoms with Crippen LogP contribution in [-0.2, 0) is 23.9 Å². The Kier molecular flexibility index (Phi) is 6.90. The largest absolute Gasteiger partial charge is 0.481 e. The highest BCUT2D eigenvalue weighted by atomic mass is 16.6. The van der Waals surface area contributed by atoms with Crippen molar-refractivity contribution in [2.75, 3.05) is 19.8 Å². The zero-order valence-corrected chi connectivity index (χ0v) is 13.9. The van der Waals surface area contributed by atoms with E-state index in [1.807, 2.05) is 0 Å².